The molecule has 0 saturated carbocycles. The van der Waals surface area contributed by atoms with Gasteiger partial charge >= 0.3 is 6.18 Å². The van der Waals surface area contributed by atoms with Crippen molar-refractivity contribution in [2.24, 2.45) is 10.9 Å². The third kappa shape index (κ3) is 3.24. The highest BCUT2D eigenvalue weighted by Crippen LogP contribution is 2.34. The Morgan fingerprint density at radius 2 is 2.00 bits per heavy atom. The summed E-state index contributed by atoms with van der Waals surface area (Å²) in [4.78, 5) is 3.46. The quantitative estimate of drug-likeness (QED) is 0.576. The molecule has 0 saturated heterocycles. The molecular weight excluding hydrogens is 250 g/mol. The van der Waals surface area contributed by atoms with Gasteiger partial charge in [0.2, 0.25) is 0 Å². The SMILES string of the molecule is CC1C/C=C(\Cl)N=CC(C(F)(F)F)=C1Cl. The number of allylic oxidation sites excluding steroid dienone is 3. The van der Waals surface area contributed by atoms with Crippen molar-refractivity contribution in [1.82, 2.24) is 0 Å². The Balaban J connectivity index is 3.19. The van der Waals surface area contributed by atoms with Crippen LogP contribution in [0, 0.1) is 5.92 Å². The first-order valence-corrected chi connectivity index (χ1v) is 4.94. The van der Waals surface area contributed by atoms with Crippen LogP contribution in [0.15, 0.2) is 26.8 Å². The van der Waals surface area contributed by atoms with Gasteiger partial charge in [-0.1, -0.05) is 30.1 Å². The molecule has 0 radical (unpaired) electrons. The Labute approximate surface area is 95.3 Å². The molecule has 0 aromatic rings. The van der Waals surface area contributed by atoms with Crippen molar-refractivity contribution in [3.8, 4) is 0 Å². The van der Waals surface area contributed by atoms with Gasteiger partial charge in [0.25, 0.3) is 0 Å². The lowest BCUT2D eigenvalue weighted by Gasteiger charge is -2.16. The highest BCUT2D eigenvalue weighted by atomic mass is 35.5. The van der Waals surface area contributed by atoms with Crippen molar-refractivity contribution >= 4 is 29.4 Å². The molecule has 6 heteroatoms. The third-order valence-corrected chi connectivity index (χ3v) is 2.78. The number of aliphatic imine (C=N–C) groups is 1. The summed E-state index contributed by atoms with van der Waals surface area (Å²) in [6, 6.07) is 0. The van der Waals surface area contributed by atoms with E-state index in [1.54, 1.807) is 6.92 Å². The fourth-order valence-electron chi connectivity index (χ4n) is 1.09. The van der Waals surface area contributed by atoms with Gasteiger partial charge in [-0.3, -0.25) is 0 Å². The number of rotatable bonds is 0. The second kappa shape index (κ2) is 4.58. The molecule has 0 spiro atoms. The van der Waals surface area contributed by atoms with Gasteiger partial charge in [0.05, 0.1) is 5.57 Å². The normalized spacial score (nSPS) is 27.1. The molecule has 0 aromatic carbocycles. The lowest BCUT2D eigenvalue weighted by Crippen LogP contribution is -2.17. The van der Waals surface area contributed by atoms with Gasteiger partial charge in [0.15, 0.2) is 0 Å². The van der Waals surface area contributed by atoms with E-state index in [1.165, 1.54) is 6.08 Å². The molecule has 1 rings (SSSR count). The van der Waals surface area contributed by atoms with Crippen molar-refractivity contribution in [2.45, 2.75) is 19.5 Å². The molecule has 1 aliphatic heterocycles. The van der Waals surface area contributed by atoms with Gasteiger partial charge in [-0.2, -0.15) is 13.2 Å². The zero-order valence-corrected chi connectivity index (χ0v) is 9.29. The summed E-state index contributed by atoms with van der Waals surface area (Å²) in [5.41, 5.74) is -0.928. The molecule has 1 atom stereocenters. The van der Waals surface area contributed by atoms with Gasteiger partial charge in [-0.15, -0.1) is 0 Å². The molecule has 1 aliphatic rings. The molecule has 1 unspecified atom stereocenters. The molecule has 1 nitrogen and oxygen atoms in total. The summed E-state index contributed by atoms with van der Waals surface area (Å²) in [6.45, 7) is 1.61. The van der Waals surface area contributed by atoms with Gasteiger partial charge in [0, 0.05) is 11.2 Å². The van der Waals surface area contributed by atoms with E-state index in [0.717, 1.165) is 0 Å². The average Bonchev–Trinajstić information content (AvgIpc) is 2.10. The van der Waals surface area contributed by atoms with E-state index in [1.807, 2.05) is 0 Å². The molecular formula is C9H8Cl2F3N. The van der Waals surface area contributed by atoms with Crippen LogP contribution in [0.25, 0.3) is 0 Å². The maximum atomic E-state index is 12.5. The first-order valence-electron chi connectivity index (χ1n) is 4.19. The predicted molar refractivity (Wildman–Crippen MR) is 55.1 cm³/mol. The van der Waals surface area contributed by atoms with Gasteiger partial charge in [-0.05, 0) is 18.4 Å². The fraction of sp³-hybridized carbons (Fsp3) is 0.444. The Hall–Kier alpha value is -0.480. The Bertz CT molecular complexity index is 342. The van der Waals surface area contributed by atoms with Crippen molar-refractivity contribution in [3.05, 3.63) is 21.8 Å². The minimum atomic E-state index is -4.50. The topological polar surface area (TPSA) is 12.4 Å². The maximum Gasteiger partial charge on any atom is 0.419 e. The Kier molecular flexibility index (Phi) is 3.84. The summed E-state index contributed by atoms with van der Waals surface area (Å²) < 4.78 is 37.5. The molecule has 15 heavy (non-hydrogen) atoms. The Morgan fingerprint density at radius 3 is 2.53 bits per heavy atom. The van der Waals surface area contributed by atoms with Crippen LogP contribution in [-0.4, -0.2) is 12.4 Å². The van der Waals surface area contributed by atoms with E-state index >= 15 is 0 Å². The van der Waals surface area contributed by atoms with E-state index in [4.69, 9.17) is 23.2 Å². The van der Waals surface area contributed by atoms with Crippen LogP contribution in [0.3, 0.4) is 0 Å². The monoisotopic (exact) mass is 257 g/mol. The zero-order chi connectivity index (χ0) is 11.6. The largest absolute Gasteiger partial charge is 0.419 e. The lowest BCUT2D eigenvalue weighted by molar-refractivity contribution is -0.0863. The Morgan fingerprint density at radius 1 is 1.40 bits per heavy atom. The number of halogens is 5. The fourth-order valence-corrected chi connectivity index (χ4v) is 1.48. The molecule has 0 amide bonds. The first kappa shape index (κ1) is 12.6. The minimum absolute atomic E-state index is 0.0489. The molecule has 0 bridgehead atoms. The summed E-state index contributed by atoms with van der Waals surface area (Å²) in [5, 5.41) is -0.181. The summed E-state index contributed by atoms with van der Waals surface area (Å²) in [7, 11) is 0. The number of hydrogen-bond donors (Lipinski definition) is 0. The van der Waals surface area contributed by atoms with Gasteiger partial charge < -0.3 is 0 Å². The van der Waals surface area contributed by atoms with E-state index < -0.39 is 17.7 Å². The van der Waals surface area contributed by atoms with Crippen molar-refractivity contribution < 1.29 is 13.2 Å². The van der Waals surface area contributed by atoms with Crippen LogP contribution < -0.4 is 0 Å². The van der Waals surface area contributed by atoms with Crippen LogP contribution in [0.1, 0.15) is 13.3 Å². The molecule has 0 N–H and O–H groups in total. The predicted octanol–water partition coefficient (Wildman–Crippen LogP) is 4.23. The first-order chi connectivity index (χ1) is 6.82. The van der Waals surface area contributed by atoms with Crippen molar-refractivity contribution in [3.63, 3.8) is 0 Å². The minimum Gasteiger partial charge on any atom is -0.244 e. The molecule has 84 valence electrons. The molecule has 0 aliphatic carbocycles. The van der Waals surface area contributed by atoms with Crippen LogP contribution in [0.2, 0.25) is 0 Å². The van der Waals surface area contributed by atoms with Gasteiger partial charge in [0.1, 0.15) is 5.16 Å². The standard InChI is InChI=1S/C9H8Cl2F3N/c1-5-2-3-7(10)15-4-6(8(5)11)9(12,13)14/h3-5H,2H2,1H3/b7-3+,8-6?,15-4?. The second-order valence-electron chi connectivity index (χ2n) is 3.18. The van der Waals surface area contributed by atoms with Crippen LogP contribution in [-0.2, 0) is 0 Å². The second-order valence-corrected chi connectivity index (χ2v) is 3.98. The van der Waals surface area contributed by atoms with Gasteiger partial charge in [-0.25, -0.2) is 4.99 Å². The van der Waals surface area contributed by atoms with Crippen LogP contribution >= 0.6 is 23.2 Å². The lowest BCUT2D eigenvalue weighted by atomic mass is 10.0. The molecule has 0 aromatic heterocycles. The highest BCUT2D eigenvalue weighted by Gasteiger charge is 2.36. The number of nitrogens with zero attached hydrogens (tertiary/aromatic N) is 1. The molecule has 1 heterocycles. The van der Waals surface area contributed by atoms with Crippen molar-refractivity contribution in [2.75, 3.05) is 0 Å². The zero-order valence-electron chi connectivity index (χ0n) is 7.78. The third-order valence-electron chi connectivity index (χ3n) is 1.95. The summed E-state index contributed by atoms with van der Waals surface area (Å²) in [5.74, 6) is -0.413. The molecule has 0 fully saturated rings. The van der Waals surface area contributed by atoms with Crippen LogP contribution in [0.5, 0.6) is 0 Å². The van der Waals surface area contributed by atoms with E-state index in [-0.39, 0.29) is 10.2 Å². The average molecular weight is 258 g/mol. The smallest absolute Gasteiger partial charge is 0.244 e. The van der Waals surface area contributed by atoms with Crippen molar-refractivity contribution in [1.29, 1.82) is 0 Å². The summed E-state index contributed by atoms with van der Waals surface area (Å²) >= 11 is 11.2. The van der Waals surface area contributed by atoms with E-state index in [9.17, 15) is 13.2 Å². The maximum absolute atomic E-state index is 12.5. The summed E-state index contributed by atoms with van der Waals surface area (Å²) in [6.07, 6.45) is -1.95. The van der Waals surface area contributed by atoms with Crippen LogP contribution in [0.4, 0.5) is 13.2 Å². The van der Waals surface area contributed by atoms with E-state index in [0.29, 0.717) is 12.6 Å². The number of alkyl halides is 3. The van der Waals surface area contributed by atoms with E-state index in [2.05, 4.69) is 4.99 Å². The number of hydrogen-bond acceptors (Lipinski definition) is 1. The highest BCUT2D eigenvalue weighted by molar-refractivity contribution is 6.32.